The van der Waals surface area contributed by atoms with Crippen LogP contribution in [0.3, 0.4) is 0 Å². The number of nitrogens with one attached hydrogen (secondary N) is 1. The number of aryl methyl sites for hydroxylation is 1. The summed E-state index contributed by atoms with van der Waals surface area (Å²) in [4.78, 5) is 0. The molecule has 0 fully saturated rings. The van der Waals surface area contributed by atoms with Gasteiger partial charge in [-0.3, -0.25) is 11.3 Å². The van der Waals surface area contributed by atoms with Gasteiger partial charge in [-0.2, -0.15) is 0 Å². The van der Waals surface area contributed by atoms with Crippen LogP contribution in [0.25, 0.3) is 0 Å². The first kappa shape index (κ1) is 14.7. The minimum Gasteiger partial charge on any atom is -0.271 e. The van der Waals surface area contributed by atoms with Crippen LogP contribution in [0.1, 0.15) is 22.7 Å². The number of nitrogens with two attached hydrogens (primary N) is 1. The van der Waals surface area contributed by atoms with Gasteiger partial charge >= 0.3 is 0 Å². The van der Waals surface area contributed by atoms with E-state index in [-0.39, 0.29) is 6.04 Å². The molecule has 0 saturated carbocycles. The number of hydrazine groups is 1. The SMILES string of the molecule is Cc1cc(C(Cc2ccc(Br)cc2)NN)ccc1Br. The summed E-state index contributed by atoms with van der Waals surface area (Å²) >= 11 is 6.96. The van der Waals surface area contributed by atoms with Crippen LogP contribution in [0.4, 0.5) is 0 Å². The number of benzene rings is 2. The van der Waals surface area contributed by atoms with E-state index in [0.717, 1.165) is 15.4 Å². The topological polar surface area (TPSA) is 38.0 Å². The molecule has 2 aromatic rings. The summed E-state index contributed by atoms with van der Waals surface area (Å²) in [6, 6.07) is 14.8. The highest BCUT2D eigenvalue weighted by Gasteiger charge is 2.11. The van der Waals surface area contributed by atoms with Gasteiger partial charge in [-0.1, -0.05) is 56.1 Å². The van der Waals surface area contributed by atoms with E-state index in [9.17, 15) is 0 Å². The van der Waals surface area contributed by atoms with E-state index in [4.69, 9.17) is 5.84 Å². The van der Waals surface area contributed by atoms with Crippen LogP contribution < -0.4 is 11.3 Å². The third-order valence-electron chi connectivity index (χ3n) is 3.14. The summed E-state index contributed by atoms with van der Waals surface area (Å²) in [5.74, 6) is 5.70. The lowest BCUT2D eigenvalue weighted by Crippen LogP contribution is -2.29. The van der Waals surface area contributed by atoms with Gasteiger partial charge in [0, 0.05) is 15.0 Å². The fourth-order valence-corrected chi connectivity index (χ4v) is 2.52. The van der Waals surface area contributed by atoms with Gasteiger partial charge in [0.15, 0.2) is 0 Å². The highest BCUT2D eigenvalue weighted by molar-refractivity contribution is 9.10. The smallest absolute Gasteiger partial charge is 0.0500 e. The van der Waals surface area contributed by atoms with Crippen molar-refractivity contribution in [3.8, 4) is 0 Å². The third-order valence-corrected chi connectivity index (χ3v) is 4.56. The van der Waals surface area contributed by atoms with Gasteiger partial charge in [0.2, 0.25) is 0 Å². The van der Waals surface area contributed by atoms with Crippen molar-refractivity contribution < 1.29 is 0 Å². The summed E-state index contributed by atoms with van der Waals surface area (Å²) in [6.45, 7) is 2.08. The molecule has 19 heavy (non-hydrogen) atoms. The summed E-state index contributed by atoms with van der Waals surface area (Å²) < 4.78 is 2.21. The molecule has 2 nitrogen and oxygen atoms in total. The molecule has 1 atom stereocenters. The highest BCUT2D eigenvalue weighted by Crippen LogP contribution is 2.24. The first-order valence-corrected chi connectivity index (χ1v) is 7.65. The lowest BCUT2D eigenvalue weighted by atomic mass is 9.98. The molecule has 0 radical (unpaired) electrons. The standard InChI is InChI=1S/C15H16Br2N2/c1-10-8-12(4-7-14(10)17)15(19-18)9-11-2-5-13(16)6-3-11/h2-8,15,19H,9,18H2,1H3. The molecular weight excluding hydrogens is 368 g/mol. The van der Waals surface area contributed by atoms with Gasteiger partial charge in [-0.25, -0.2) is 0 Å². The molecule has 0 amide bonds. The van der Waals surface area contributed by atoms with Gasteiger partial charge in [0.1, 0.15) is 0 Å². The van der Waals surface area contributed by atoms with Crippen molar-refractivity contribution in [2.24, 2.45) is 5.84 Å². The summed E-state index contributed by atoms with van der Waals surface area (Å²) in [5.41, 5.74) is 6.57. The Labute approximate surface area is 130 Å². The molecule has 3 N–H and O–H groups in total. The molecule has 0 aromatic heterocycles. The second kappa shape index (κ2) is 6.66. The van der Waals surface area contributed by atoms with Crippen LogP contribution in [0.5, 0.6) is 0 Å². The molecule has 0 spiro atoms. The van der Waals surface area contributed by atoms with Gasteiger partial charge in [-0.05, 0) is 48.2 Å². The van der Waals surface area contributed by atoms with Gasteiger partial charge in [0.05, 0.1) is 0 Å². The minimum absolute atomic E-state index is 0.118. The quantitative estimate of drug-likeness (QED) is 0.611. The monoisotopic (exact) mass is 382 g/mol. The van der Waals surface area contributed by atoms with Crippen LogP contribution in [0, 0.1) is 6.92 Å². The zero-order chi connectivity index (χ0) is 13.8. The fourth-order valence-electron chi connectivity index (χ4n) is 2.01. The largest absolute Gasteiger partial charge is 0.271 e. The van der Waals surface area contributed by atoms with E-state index < -0.39 is 0 Å². The predicted octanol–water partition coefficient (Wildman–Crippen LogP) is 4.27. The van der Waals surface area contributed by atoms with Crippen LogP contribution in [-0.2, 0) is 6.42 Å². The van der Waals surface area contributed by atoms with E-state index in [0.29, 0.717) is 0 Å². The fraction of sp³-hybridized carbons (Fsp3) is 0.200. The Morgan fingerprint density at radius 1 is 1.11 bits per heavy atom. The molecule has 0 aliphatic heterocycles. The number of hydrogen-bond acceptors (Lipinski definition) is 2. The highest BCUT2D eigenvalue weighted by atomic mass is 79.9. The van der Waals surface area contributed by atoms with Crippen molar-refractivity contribution in [3.05, 3.63) is 68.1 Å². The Balaban J connectivity index is 2.19. The zero-order valence-corrected chi connectivity index (χ0v) is 13.8. The maximum atomic E-state index is 5.70. The molecule has 2 rings (SSSR count). The second-order valence-corrected chi connectivity index (χ2v) is 6.33. The van der Waals surface area contributed by atoms with E-state index in [1.54, 1.807) is 0 Å². The lowest BCUT2D eigenvalue weighted by Gasteiger charge is -2.17. The van der Waals surface area contributed by atoms with E-state index in [1.807, 2.05) is 0 Å². The van der Waals surface area contributed by atoms with Crippen LogP contribution in [0.15, 0.2) is 51.4 Å². The van der Waals surface area contributed by atoms with Crippen molar-refractivity contribution >= 4 is 31.9 Å². The average molecular weight is 384 g/mol. The maximum Gasteiger partial charge on any atom is 0.0500 e. The molecule has 0 saturated heterocycles. The molecule has 0 aliphatic rings. The minimum atomic E-state index is 0.118. The van der Waals surface area contributed by atoms with Gasteiger partial charge in [0.25, 0.3) is 0 Å². The first-order chi connectivity index (χ1) is 9.10. The molecule has 0 aliphatic carbocycles. The number of rotatable bonds is 4. The van der Waals surface area contributed by atoms with Crippen molar-refractivity contribution in [1.29, 1.82) is 0 Å². The summed E-state index contributed by atoms with van der Waals surface area (Å²) in [5, 5.41) is 0. The predicted molar refractivity (Wildman–Crippen MR) is 86.8 cm³/mol. The second-order valence-electron chi connectivity index (χ2n) is 4.56. The van der Waals surface area contributed by atoms with Crippen molar-refractivity contribution in [3.63, 3.8) is 0 Å². The Morgan fingerprint density at radius 2 is 1.79 bits per heavy atom. The molecule has 0 heterocycles. The number of halogens is 2. The Kier molecular flexibility index (Phi) is 5.16. The van der Waals surface area contributed by atoms with E-state index in [1.165, 1.54) is 16.7 Å². The van der Waals surface area contributed by atoms with Crippen molar-refractivity contribution in [2.45, 2.75) is 19.4 Å². The normalized spacial score (nSPS) is 12.4. The van der Waals surface area contributed by atoms with Crippen LogP contribution in [0.2, 0.25) is 0 Å². The first-order valence-electron chi connectivity index (χ1n) is 6.07. The average Bonchev–Trinajstić information content (AvgIpc) is 2.41. The summed E-state index contributed by atoms with van der Waals surface area (Å²) in [7, 11) is 0. The summed E-state index contributed by atoms with van der Waals surface area (Å²) in [6.07, 6.45) is 0.866. The lowest BCUT2D eigenvalue weighted by molar-refractivity contribution is 0.551. The van der Waals surface area contributed by atoms with E-state index >= 15 is 0 Å². The molecule has 4 heteroatoms. The molecular formula is C15H16Br2N2. The maximum absolute atomic E-state index is 5.70. The Morgan fingerprint density at radius 3 is 2.37 bits per heavy atom. The van der Waals surface area contributed by atoms with Crippen LogP contribution in [-0.4, -0.2) is 0 Å². The zero-order valence-electron chi connectivity index (χ0n) is 10.7. The Bertz CT molecular complexity index is 553. The Hall–Kier alpha value is -0.680. The van der Waals surface area contributed by atoms with Crippen molar-refractivity contribution in [2.75, 3.05) is 0 Å². The van der Waals surface area contributed by atoms with Crippen LogP contribution >= 0.6 is 31.9 Å². The molecule has 100 valence electrons. The van der Waals surface area contributed by atoms with Crippen molar-refractivity contribution in [1.82, 2.24) is 5.43 Å². The number of hydrogen-bond donors (Lipinski definition) is 2. The molecule has 0 bridgehead atoms. The van der Waals surface area contributed by atoms with Gasteiger partial charge in [-0.15, -0.1) is 0 Å². The van der Waals surface area contributed by atoms with Gasteiger partial charge < -0.3 is 0 Å². The van der Waals surface area contributed by atoms with E-state index in [2.05, 4.69) is 86.7 Å². The molecule has 1 unspecified atom stereocenters. The third kappa shape index (κ3) is 3.89. The molecule has 2 aromatic carbocycles.